The maximum absolute atomic E-state index is 15.6. The average molecular weight is 383 g/mol. The molecule has 1 aliphatic rings. The Hall–Kier alpha value is -2.09. The summed E-state index contributed by atoms with van der Waals surface area (Å²) in [6.45, 7) is -0.705. The van der Waals surface area contributed by atoms with Crippen molar-refractivity contribution in [3.05, 3.63) is 64.2 Å². The molecule has 0 saturated carbocycles. The summed E-state index contributed by atoms with van der Waals surface area (Å²) in [7, 11) is 0. The summed E-state index contributed by atoms with van der Waals surface area (Å²) in [5.74, 6) is -1.42. The van der Waals surface area contributed by atoms with Gasteiger partial charge in [0.15, 0.2) is 0 Å². The van der Waals surface area contributed by atoms with Crippen LogP contribution in [0.2, 0.25) is 5.02 Å². The van der Waals surface area contributed by atoms with Gasteiger partial charge in [0.2, 0.25) is 5.67 Å². The lowest BCUT2D eigenvalue weighted by molar-refractivity contribution is -0.138. The highest BCUT2D eigenvalue weighted by Crippen LogP contribution is 2.45. The molecule has 2 atom stereocenters. The molecule has 1 aliphatic carbocycles. The molecule has 1 aromatic carbocycles. The van der Waals surface area contributed by atoms with Gasteiger partial charge in [-0.2, -0.15) is 0 Å². The Morgan fingerprint density at radius 3 is 2.81 bits per heavy atom. The number of carbonyl (C=O) groups is 1. The third-order valence-electron chi connectivity index (χ3n) is 4.63. The molecular formula is C18H17ClF2N2O3. The predicted octanol–water partition coefficient (Wildman–Crippen LogP) is 2.33. The van der Waals surface area contributed by atoms with E-state index in [1.54, 1.807) is 0 Å². The Kier molecular flexibility index (Phi) is 4.96. The summed E-state index contributed by atoms with van der Waals surface area (Å²) in [4.78, 5) is 16.5. The van der Waals surface area contributed by atoms with Gasteiger partial charge in [-0.05, 0) is 36.6 Å². The molecule has 138 valence electrons. The number of alkyl halides is 1. The number of fused-ring (bicyclic) bond motifs is 1. The fourth-order valence-electron chi connectivity index (χ4n) is 3.10. The molecular weight excluding hydrogens is 366 g/mol. The number of halogens is 3. The number of pyridine rings is 1. The second-order valence-corrected chi connectivity index (χ2v) is 6.72. The van der Waals surface area contributed by atoms with Crippen molar-refractivity contribution in [2.45, 2.75) is 30.7 Å². The molecule has 1 aromatic heterocycles. The van der Waals surface area contributed by atoms with Crippen LogP contribution in [0, 0.1) is 5.82 Å². The highest BCUT2D eigenvalue weighted by atomic mass is 35.5. The number of nitrogens with zero attached hydrogens (tertiary/aromatic N) is 1. The van der Waals surface area contributed by atoms with E-state index in [1.165, 1.54) is 30.5 Å². The SMILES string of the molecule is O=C(NCc1ccc(F)cc1Cl)[C@]1(F)CC[C@](O)(CO)c2ncccc21. The molecule has 0 unspecified atom stereocenters. The second-order valence-electron chi connectivity index (χ2n) is 6.31. The maximum Gasteiger partial charge on any atom is 0.262 e. The number of aliphatic hydroxyl groups excluding tert-OH is 1. The number of hydrogen-bond donors (Lipinski definition) is 3. The summed E-state index contributed by atoms with van der Waals surface area (Å²) in [5.41, 5.74) is -3.78. The molecule has 3 rings (SSSR count). The minimum atomic E-state index is -2.41. The first-order chi connectivity index (χ1) is 12.3. The van der Waals surface area contributed by atoms with E-state index in [-0.39, 0.29) is 35.7 Å². The van der Waals surface area contributed by atoms with Crippen molar-refractivity contribution in [1.29, 1.82) is 0 Å². The number of amides is 1. The van der Waals surface area contributed by atoms with E-state index in [9.17, 15) is 19.4 Å². The number of nitrogens with one attached hydrogen (secondary N) is 1. The molecule has 1 amide bonds. The molecule has 0 saturated heterocycles. The van der Waals surface area contributed by atoms with Gasteiger partial charge >= 0.3 is 0 Å². The minimum Gasteiger partial charge on any atom is -0.393 e. The molecule has 3 N–H and O–H groups in total. The quantitative estimate of drug-likeness (QED) is 0.758. The zero-order chi connectivity index (χ0) is 18.9. The lowest BCUT2D eigenvalue weighted by Gasteiger charge is -2.38. The van der Waals surface area contributed by atoms with Gasteiger partial charge in [-0.15, -0.1) is 0 Å². The Labute approximate surface area is 153 Å². The van der Waals surface area contributed by atoms with Crippen molar-refractivity contribution in [1.82, 2.24) is 10.3 Å². The molecule has 5 nitrogen and oxygen atoms in total. The number of hydrogen-bond acceptors (Lipinski definition) is 4. The Morgan fingerprint density at radius 2 is 2.12 bits per heavy atom. The zero-order valence-electron chi connectivity index (χ0n) is 13.7. The fourth-order valence-corrected chi connectivity index (χ4v) is 3.33. The highest BCUT2D eigenvalue weighted by Gasteiger charge is 2.51. The molecule has 2 aromatic rings. The van der Waals surface area contributed by atoms with Crippen LogP contribution in [0.25, 0.3) is 0 Å². The minimum absolute atomic E-state index is 0.0498. The highest BCUT2D eigenvalue weighted by molar-refractivity contribution is 6.31. The predicted molar refractivity (Wildman–Crippen MR) is 90.5 cm³/mol. The van der Waals surface area contributed by atoms with Gasteiger partial charge in [-0.1, -0.05) is 23.7 Å². The van der Waals surface area contributed by atoms with Crippen molar-refractivity contribution in [2.75, 3.05) is 6.61 Å². The maximum atomic E-state index is 15.6. The second kappa shape index (κ2) is 6.90. The summed E-state index contributed by atoms with van der Waals surface area (Å²) in [6, 6.07) is 6.53. The smallest absolute Gasteiger partial charge is 0.262 e. The van der Waals surface area contributed by atoms with Crippen LogP contribution in [0.15, 0.2) is 36.5 Å². The van der Waals surface area contributed by atoms with Gasteiger partial charge in [0, 0.05) is 23.3 Å². The Morgan fingerprint density at radius 1 is 1.35 bits per heavy atom. The van der Waals surface area contributed by atoms with Gasteiger partial charge in [0.1, 0.15) is 11.4 Å². The third kappa shape index (κ3) is 3.18. The van der Waals surface area contributed by atoms with Crippen LogP contribution in [-0.4, -0.2) is 27.7 Å². The molecule has 0 fully saturated rings. The number of benzene rings is 1. The molecule has 1 heterocycles. The molecule has 0 spiro atoms. The number of aromatic nitrogens is 1. The van der Waals surface area contributed by atoms with Crippen LogP contribution in [0.5, 0.6) is 0 Å². The van der Waals surface area contributed by atoms with Gasteiger partial charge < -0.3 is 15.5 Å². The topological polar surface area (TPSA) is 82.5 Å². The summed E-state index contributed by atoms with van der Waals surface area (Å²) >= 11 is 5.91. The van der Waals surface area contributed by atoms with E-state index in [2.05, 4.69) is 10.3 Å². The lowest BCUT2D eigenvalue weighted by atomic mass is 9.74. The largest absolute Gasteiger partial charge is 0.393 e. The number of aliphatic hydroxyl groups is 2. The monoisotopic (exact) mass is 382 g/mol. The van der Waals surface area contributed by atoms with Gasteiger partial charge in [-0.25, -0.2) is 8.78 Å². The van der Waals surface area contributed by atoms with Crippen LogP contribution in [0.3, 0.4) is 0 Å². The van der Waals surface area contributed by atoms with Crippen LogP contribution in [0.1, 0.15) is 29.7 Å². The van der Waals surface area contributed by atoms with Crippen LogP contribution in [-0.2, 0) is 22.6 Å². The summed E-state index contributed by atoms with van der Waals surface area (Å²) in [6.07, 6.45) is 0.891. The zero-order valence-corrected chi connectivity index (χ0v) is 14.4. The van der Waals surface area contributed by atoms with Crippen molar-refractivity contribution >= 4 is 17.5 Å². The van der Waals surface area contributed by atoms with Gasteiger partial charge in [-0.3, -0.25) is 9.78 Å². The van der Waals surface area contributed by atoms with E-state index in [4.69, 9.17) is 11.6 Å². The van der Waals surface area contributed by atoms with E-state index in [0.717, 1.165) is 6.07 Å². The first-order valence-corrected chi connectivity index (χ1v) is 8.38. The van der Waals surface area contributed by atoms with E-state index >= 15 is 4.39 Å². The van der Waals surface area contributed by atoms with E-state index < -0.39 is 29.6 Å². The van der Waals surface area contributed by atoms with Gasteiger partial charge in [0.25, 0.3) is 5.91 Å². The van der Waals surface area contributed by atoms with Crippen molar-refractivity contribution < 1.29 is 23.8 Å². The Balaban J connectivity index is 1.85. The number of carbonyl (C=O) groups excluding carboxylic acids is 1. The molecule has 8 heteroatoms. The first-order valence-electron chi connectivity index (χ1n) is 8.00. The van der Waals surface area contributed by atoms with Crippen LogP contribution < -0.4 is 5.32 Å². The van der Waals surface area contributed by atoms with Gasteiger partial charge in [0.05, 0.1) is 12.3 Å². The fraction of sp³-hybridized carbons (Fsp3) is 0.333. The van der Waals surface area contributed by atoms with Crippen LogP contribution >= 0.6 is 11.6 Å². The normalized spacial score (nSPS) is 24.8. The third-order valence-corrected chi connectivity index (χ3v) is 4.99. The van der Waals surface area contributed by atoms with Crippen molar-refractivity contribution in [3.8, 4) is 0 Å². The molecule has 0 aliphatic heterocycles. The van der Waals surface area contributed by atoms with Crippen molar-refractivity contribution in [3.63, 3.8) is 0 Å². The average Bonchev–Trinajstić information content (AvgIpc) is 2.64. The van der Waals surface area contributed by atoms with Crippen molar-refractivity contribution in [2.24, 2.45) is 0 Å². The molecule has 0 bridgehead atoms. The molecule has 0 radical (unpaired) electrons. The summed E-state index contributed by atoms with van der Waals surface area (Å²) < 4.78 is 28.7. The molecule has 26 heavy (non-hydrogen) atoms. The van der Waals surface area contributed by atoms with E-state index in [1.807, 2.05) is 0 Å². The lowest BCUT2D eigenvalue weighted by Crippen LogP contribution is -2.49. The van der Waals surface area contributed by atoms with Crippen LogP contribution in [0.4, 0.5) is 8.78 Å². The Bertz CT molecular complexity index is 851. The van der Waals surface area contributed by atoms with E-state index in [0.29, 0.717) is 5.56 Å². The first kappa shape index (κ1) is 18.7. The number of rotatable bonds is 4. The standard InChI is InChI=1S/C18H17ClF2N2O3/c19-14-8-12(20)4-3-11(14)9-23-16(25)18(21)6-5-17(26,10-24)15-13(18)2-1-7-22-15/h1-4,7-8,24,26H,5-6,9-10H2,(H,23,25)/t17-,18-/m0/s1. The summed E-state index contributed by atoms with van der Waals surface area (Å²) in [5, 5.41) is 22.5.